The van der Waals surface area contributed by atoms with Gasteiger partial charge in [0.05, 0.1) is 16.1 Å². The molecule has 1 amide bonds. The van der Waals surface area contributed by atoms with Crippen LogP contribution in [0.15, 0.2) is 54.7 Å². The number of amides is 1. The van der Waals surface area contributed by atoms with Crippen LogP contribution < -0.4 is 11.5 Å². The maximum Gasteiger partial charge on any atom is 0.418 e. The first kappa shape index (κ1) is 21.6. The van der Waals surface area contributed by atoms with Crippen LogP contribution in [-0.2, 0) is 6.18 Å². The number of nitrogens with two attached hydrogens (primary N) is 2. The van der Waals surface area contributed by atoms with Crippen molar-refractivity contribution in [2.24, 2.45) is 5.73 Å². The Hall–Kier alpha value is -3.65. The number of alkyl halides is 3. The molecule has 0 radical (unpaired) electrons. The van der Waals surface area contributed by atoms with Gasteiger partial charge in [-0.25, -0.2) is 9.97 Å². The van der Waals surface area contributed by atoms with E-state index in [9.17, 15) is 18.0 Å². The topological polar surface area (TPSA) is 94.9 Å². The normalized spacial score (nSPS) is 11.7. The Morgan fingerprint density at radius 1 is 1.03 bits per heavy atom. The summed E-state index contributed by atoms with van der Waals surface area (Å²) in [7, 11) is 0. The lowest BCUT2D eigenvalue weighted by Crippen LogP contribution is -2.17. The number of fused-ring (bicyclic) bond motifs is 1. The summed E-state index contributed by atoms with van der Waals surface area (Å²) >= 11 is 5.91. The average Bonchev–Trinajstić information content (AvgIpc) is 2.72. The fraction of sp³-hybridized carbons (Fsp3) is 0.0870. The largest absolute Gasteiger partial charge is 0.418 e. The molecule has 0 atom stereocenters. The van der Waals surface area contributed by atoms with E-state index in [-0.39, 0.29) is 22.6 Å². The maximum atomic E-state index is 13.9. The summed E-state index contributed by atoms with van der Waals surface area (Å²) in [5, 5.41) is 0.207. The van der Waals surface area contributed by atoms with Gasteiger partial charge in [0.25, 0.3) is 0 Å². The summed E-state index contributed by atoms with van der Waals surface area (Å²) < 4.78 is 41.7. The molecule has 4 rings (SSSR count). The average molecular weight is 457 g/mol. The van der Waals surface area contributed by atoms with Crippen molar-refractivity contribution in [3.8, 4) is 22.3 Å². The van der Waals surface area contributed by atoms with Crippen molar-refractivity contribution in [3.05, 3.63) is 76.4 Å². The van der Waals surface area contributed by atoms with E-state index in [1.807, 2.05) is 13.0 Å². The quantitative estimate of drug-likeness (QED) is 0.418. The lowest BCUT2D eigenvalue weighted by atomic mass is 9.89. The lowest BCUT2D eigenvalue weighted by Gasteiger charge is -2.19. The van der Waals surface area contributed by atoms with E-state index in [0.29, 0.717) is 11.1 Å². The molecule has 3 aromatic carbocycles. The number of nitrogens with zero attached hydrogens (tertiary/aromatic N) is 2. The fourth-order valence-corrected chi connectivity index (χ4v) is 3.93. The maximum absolute atomic E-state index is 13.9. The Morgan fingerprint density at radius 2 is 1.75 bits per heavy atom. The van der Waals surface area contributed by atoms with Crippen LogP contribution in [0, 0.1) is 6.92 Å². The predicted molar refractivity (Wildman–Crippen MR) is 118 cm³/mol. The Balaban J connectivity index is 1.97. The molecule has 0 aliphatic rings. The van der Waals surface area contributed by atoms with Crippen LogP contribution in [0.5, 0.6) is 0 Å². The molecule has 0 unspecified atom stereocenters. The molecule has 32 heavy (non-hydrogen) atoms. The van der Waals surface area contributed by atoms with Gasteiger partial charge in [-0.1, -0.05) is 29.8 Å². The molecule has 0 aliphatic heterocycles. The van der Waals surface area contributed by atoms with Crippen molar-refractivity contribution >= 4 is 34.4 Å². The van der Waals surface area contributed by atoms with E-state index in [1.165, 1.54) is 12.1 Å². The number of primary amides is 1. The highest BCUT2D eigenvalue weighted by Gasteiger charge is 2.38. The van der Waals surface area contributed by atoms with Gasteiger partial charge in [-0.15, -0.1) is 0 Å². The molecule has 4 aromatic rings. The van der Waals surface area contributed by atoms with Gasteiger partial charge in [-0.05, 0) is 59.5 Å². The van der Waals surface area contributed by atoms with E-state index >= 15 is 0 Å². The van der Waals surface area contributed by atoms with Crippen molar-refractivity contribution in [2.45, 2.75) is 13.1 Å². The van der Waals surface area contributed by atoms with Crippen LogP contribution in [0.2, 0.25) is 5.02 Å². The van der Waals surface area contributed by atoms with Gasteiger partial charge in [0.2, 0.25) is 11.9 Å². The van der Waals surface area contributed by atoms with Crippen LogP contribution in [-0.4, -0.2) is 15.9 Å². The number of aryl methyl sites for hydroxylation is 1. The SMILES string of the molecule is Cc1ccc(-c2c(C(N)=O)ccc(Cl)c2C(F)(F)F)cc1-c1ccc2nc(N)ncc2c1. The molecule has 9 heteroatoms. The fourth-order valence-electron chi connectivity index (χ4n) is 3.66. The van der Waals surface area contributed by atoms with Gasteiger partial charge in [-0.3, -0.25) is 4.79 Å². The van der Waals surface area contributed by atoms with Gasteiger partial charge in [-0.2, -0.15) is 13.2 Å². The molecular weight excluding hydrogens is 441 g/mol. The lowest BCUT2D eigenvalue weighted by molar-refractivity contribution is -0.137. The third-order valence-corrected chi connectivity index (χ3v) is 5.45. The Labute approximate surface area is 185 Å². The minimum absolute atomic E-state index is 0.142. The molecule has 4 N–H and O–H groups in total. The van der Waals surface area contributed by atoms with Crippen molar-refractivity contribution in [3.63, 3.8) is 0 Å². The van der Waals surface area contributed by atoms with Gasteiger partial charge < -0.3 is 11.5 Å². The van der Waals surface area contributed by atoms with Crippen molar-refractivity contribution < 1.29 is 18.0 Å². The molecular formula is C23H16ClF3N4O. The molecule has 0 aliphatic carbocycles. The molecule has 1 heterocycles. The second-order valence-corrected chi connectivity index (χ2v) is 7.65. The van der Waals surface area contributed by atoms with Crippen molar-refractivity contribution in [1.82, 2.24) is 9.97 Å². The highest BCUT2D eigenvalue weighted by Crippen LogP contribution is 2.44. The summed E-state index contributed by atoms with van der Waals surface area (Å²) in [6.07, 6.45) is -3.21. The molecule has 5 nitrogen and oxygen atoms in total. The number of halogens is 4. The third-order valence-electron chi connectivity index (χ3n) is 5.14. The van der Waals surface area contributed by atoms with Crippen LogP contribution in [0.1, 0.15) is 21.5 Å². The Kier molecular flexibility index (Phi) is 5.26. The van der Waals surface area contributed by atoms with E-state index in [1.54, 1.807) is 30.5 Å². The Bertz CT molecular complexity index is 1390. The minimum atomic E-state index is -4.79. The van der Waals surface area contributed by atoms with Gasteiger partial charge in [0.15, 0.2) is 0 Å². The molecule has 0 bridgehead atoms. The number of benzene rings is 3. The highest BCUT2D eigenvalue weighted by molar-refractivity contribution is 6.32. The minimum Gasteiger partial charge on any atom is -0.368 e. The van der Waals surface area contributed by atoms with E-state index in [0.717, 1.165) is 22.6 Å². The molecule has 162 valence electrons. The van der Waals surface area contributed by atoms with Gasteiger partial charge in [0, 0.05) is 22.7 Å². The first-order valence-electron chi connectivity index (χ1n) is 9.39. The third kappa shape index (κ3) is 3.85. The number of hydrogen-bond donors (Lipinski definition) is 2. The number of hydrogen-bond acceptors (Lipinski definition) is 4. The summed E-state index contributed by atoms with van der Waals surface area (Å²) in [6, 6.07) is 12.4. The first-order chi connectivity index (χ1) is 15.1. The smallest absolute Gasteiger partial charge is 0.368 e. The van der Waals surface area contributed by atoms with E-state index in [2.05, 4.69) is 9.97 Å². The summed E-state index contributed by atoms with van der Waals surface area (Å²) in [6.45, 7) is 1.83. The van der Waals surface area contributed by atoms with Crippen LogP contribution in [0.3, 0.4) is 0 Å². The predicted octanol–water partition coefficient (Wildman–Crippen LogP) is 5.63. The first-order valence-corrected chi connectivity index (χ1v) is 9.77. The monoisotopic (exact) mass is 456 g/mol. The number of anilines is 1. The van der Waals surface area contributed by atoms with Crippen molar-refractivity contribution in [1.29, 1.82) is 0 Å². The van der Waals surface area contributed by atoms with E-state index in [4.69, 9.17) is 23.1 Å². The number of aromatic nitrogens is 2. The van der Waals surface area contributed by atoms with E-state index < -0.39 is 22.7 Å². The molecule has 0 saturated carbocycles. The summed E-state index contributed by atoms with van der Waals surface area (Å²) in [5.41, 5.74) is 12.3. The highest BCUT2D eigenvalue weighted by atomic mass is 35.5. The number of rotatable bonds is 3. The van der Waals surface area contributed by atoms with Crippen LogP contribution in [0.25, 0.3) is 33.2 Å². The second kappa shape index (κ2) is 7.80. The molecule has 0 fully saturated rings. The standard InChI is InChI=1S/C23H16ClF3N4O/c1-11-2-3-13(19-15(21(28)32)5-6-17(24)20(19)23(25,26)27)9-16(11)12-4-7-18-14(8-12)10-30-22(29)31-18/h2-10H,1H3,(H2,28,32)(H2,29,30,31). The molecule has 1 aromatic heterocycles. The number of carbonyl (C=O) groups is 1. The number of nitrogen functional groups attached to an aromatic ring is 1. The summed E-state index contributed by atoms with van der Waals surface area (Å²) in [4.78, 5) is 20.1. The zero-order valence-corrected chi connectivity index (χ0v) is 17.4. The van der Waals surface area contributed by atoms with Crippen LogP contribution >= 0.6 is 11.6 Å². The molecule has 0 spiro atoms. The zero-order chi connectivity index (χ0) is 23.2. The number of carbonyl (C=O) groups excluding carboxylic acids is 1. The second-order valence-electron chi connectivity index (χ2n) is 7.24. The van der Waals surface area contributed by atoms with Gasteiger partial charge >= 0.3 is 6.18 Å². The van der Waals surface area contributed by atoms with Gasteiger partial charge in [0.1, 0.15) is 0 Å². The Morgan fingerprint density at radius 3 is 2.44 bits per heavy atom. The summed E-state index contributed by atoms with van der Waals surface area (Å²) in [5.74, 6) is -0.840. The van der Waals surface area contributed by atoms with Crippen LogP contribution in [0.4, 0.5) is 19.1 Å². The zero-order valence-electron chi connectivity index (χ0n) is 16.7. The van der Waals surface area contributed by atoms with Crippen molar-refractivity contribution in [2.75, 3.05) is 5.73 Å². The molecule has 0 saturated heterocycles.